The van der Waals surface area contributed by atoms with Crippen molar-refractivity contribution in [2.75, 3.05) is 0 Å². The minimum absolute atomic E-state index is 0.346. The Bertz CT molecular complexity index is 1360. The Morgan fingerprint density at radius 2 is 0.409 bits per heavy atom. The summed E-state index contributed by atoms with van der Waals surface area (Å²) in [6.07, 6.45) is 0. The van der Waals surface area contributed by atoms with Crippen LogP contribution in [0, 0.1) is 0 Å². The van der Waals surface area contributed by atoms with Crippen molar-refractivity contribution in [3.63, 3.8) is 0 Å². The SMILES string of the molecule is c1ccc(C(SSSSSSC(c2ccccc2)(c2ccccc2)c2ccccc2)(c2ccccc2)c2ccccc2)cc1. The lowest BCUT2D eigenvalue weighted by atomic mass is 9.84. The van der Waals surface area contributed by atoms with Crippen LogP contribution in [0.1, 0.15) is 33.4 Å². The summed E-state index contributed by atoms with van der Waals surface area (Å²) in [6, 6.07) is 65.4. The van der Waals surface area contributed by atoms with Crippen LogP contribution in [0.4, 0.5) is 0 Å². The molecule has 0 aliphatic carbocycles. The fourth-order valence-electron chi connectivity index (χ4n) is 5.48. The Morgan fingerprint density at radius 1 is 0.227 bits per heavy atom. The van der Waals surface area contributed by atoms with E-state index in [0.717, 1.165) is 0 Å². The van der Waals surface area contributed by atoms with Crippen molar-refractivity contribution in [3.05, 3.63) is 215 Å². The highest BCUT2D eigenvalue weighted by atomic mass is 33.9. The molecule has 0 heterocycles. The van der Waals surface area contributed by atoms with E-state index < -0.39 is 0 Å². The van der Waals surface area contributed by atoms with Gasteiger partial charge in [0.15, 0.2) is 0 Å². The molecule has 0 aromatic heterocycles. The Balaban J connectivity index is 1.26. The van der Waals surface area contributed by atoms with E-state index in [9.17, 15) is 0 Å². The Kier molecular flexibility index (Phi) is 11.1. The van der Waals surface area contributed by atoms with Crippen molar-refractivity contribution in [1.29, 1.82) is 0 Å². The second-order valence-electron chi connectivity index (χ2n) is 10.00. The first-order valence-electron chi connectivity index (χ1n) is 14.2. The number of hydrogen-bond donors (Lipinski definition) is 0. The summed E-state index contributed by atoms with van der Waals surface area (Å²) >= 11 is 0. The lowest BCUT2D eigenvalue weighted by Gasteiger charge is -2.35. The van der Waals surface area contributed by atoms with Crippen LogP contribution in [0.3, 0.4) is 0 Å². The van der Waals surface area contributed by atoms with Gasteiger partial charge in [-0.1, -0.05) is 204 Å². The standard InChI is InChI=1S/C38H30S6/c1-7-19-31(20-8-1)37(32-21-9-2-10-22-32,33-23-11-3-12-24-33)39-41-43-44-42-40-38(34-25-13-4-14-26-34,35-27-15-5-16-28-35)36-29-17-6-18-30-36/h1-30H. The quantitative estimate of drug-likeness (QED) is 0.0672. The molecule has 6 aromatic rings. The molecule has 0 amide bonds. The van der Waals surface area contributed by atoms with Gasteiger partial charge in [-0.15, -0.1) is 0 Å². The summed E-state index contributed by atoms with van der Waals surface area (Å²) in [4.78, 5) is 0. The first-order valence-corrected chi connectivity index (χ1v) is 21.7. The Hall–Kier alpha value is -2.58. The molecule has 0 nitrogen and oxygen atoms in total. The molecule has 6 heteroatoms. The van der Waals surface area contributed by atoms with Gasteiger partial charge in [0, 0.05) is 0 Å². The first-order chi connectivity index (χ1) is 21.8. The molecule has 0 aliphatic rings. The van der Waals surface area contributed by atoms with Crippen molar-refractivity contribution >= 4 is 60.9 Å². The molecular formula is C38H30S6. The van der Waals surface area contributed by atoms with E-state index in [1.807, 2.05) is 60.9 Å². The second-order valence-corrected chi connectivity index (χ2v) is 19.6. The topological polar surface area (TPSA) is 0 Å². The number of hydrogen-bond acceptors (Lipinski definition) is 6. The van der Waals surface area contributed by atoms with Crippen molar-refractivity contribution in [2.45, 2.75) is 9.49 Å². The van der Waals surface area contributed by atoms with Gasteiger partial charge in [0.1, 0.15) is 9.49 Å². The fraction of sp³-hybridized carbons (Fsp3) is 0.0526. The van der Waals surface area contributed by atoms with Gasteiger partial charge in [-0.25, -0.2) is 0 Å². The molecule has 6 aromatic carbocycles. The third-order valence-electron chi connectivity index (χ3n) is 7.48. The minimum atomic E-state index is -0.346. The lowest BCUT2D eigenvalue weighted by molar-refractivity contribution is 0.903. The Morgan fingerprint density at radius 3 is 0.591 bits per heavy atom. The fourth-order valence-corrected chi connectivity index (χ4v) is 19.0. The molecule has 44 heavy (non-hydrogen) atoms. The summed E-state index contributed by atoms with van der Waals surface area (Å²) < 4.78 is -0.691. The molecule has 0 aliphatic heterocycles. The van der Waals surface area contributed by atoms with E-state index in [2.05, 4.69) is 182 Å². The molecule has 0 radical (unpaired) electrons. The predicted octanol–water partition coefficient (Wildman–Crippen LogP) is 12.9. The van der Waals surface area contributed by atoms with Crippen molar-refractivity contribution in [2.24, 2.45) is 0 Å². The van der Waals surface area contributed by atoms with E-state index in [4.69, 9.17) is 0 Å². The highest BCUT2D eigenvalue weighted by Gasteiger charge is 2.39. The zero-order valence-electron chi connectivity index (χ0n) is 23.8. The maximum absolute atomic E-state index is 2.25. The van der Waals surface area contributed by atoms with E-state index >= 15 is 0 Å². The largest absolute Gasteiger partial charge is 0.102 e. The van der Waals surface area contributed by atoms with Crippen LogP contribution in [0.2, 0.25) is 0 Å². The zero-order valence-corrected chi connectivity index (χ0v) is 28.7. The maximum Gasteiger partial charge on any atom is 0.102 e. The van der Waals surface area contributed by atoms with Crippen LogP contribution in [0.15, 0.2) is 182 Å². The first kappa shape index (κ1) is 31.4. The molecule has 0 spiro atoms. The Labute approximate surface area is 283 Å². The third kappa shape index (κ3) is 6.81. The van der Waals surface area contributed by atoms with Gasteiger partial charge in [0.25, 0.3) is 0 Å². The average molecular weight is 679 g/mol. The molecule has 0 bridgehead atoms. The maximum atomic E-state index is 2.25. The van der Waals surface area contributed by atoms with Crippen LogP contribution >= 0.6 is 60.9 Å². The van der Waals surface area contributed by atoms with Gasteiger partial charge < -0.3 is 0 Å². The van der Waals surface area contributed by atoms with Gasteiger partial charge in [0.2, 0.25) is 0 Å². The molecule has 0 saturated carbocycles. The van der Waals surface area contributed by atoms with Crippen LogP contribution in [0.5, 0.6) is 0 Å². The third-order valence-corrected chi connectivity index (χ3v) is 19.3. The van der Waals surface area contributed by atoms with Crippen LogP contribution in [0.25, 0.3) is 0 Å². The van der Waals surface area contributed by atoms with E-state index in [1.54, 1.807) is 0 Å². The highest BCUT2D eigenvalue weighted by Crippen LogP contribution is 2.64. The van der Waals surface area contributed by atoms with Gasteiger partial charge >= 0.3 is 0 Å². The van der Waals surface area contributed by atoms with Gasteiger partial charge in [0.05, 0.1) is 0 Å². The zero-order chi connectivity index (χ0) is 29.9. The lowest BCUT2D eigenvalue weighted by Crippen LogP contribution is -2.24. The molecule has 0 fully saturated rings. The van der Waals surface area contributed by atoms with E-state index in [0.29, 0.717) is 0 Å². The number of rotatable bonds is 13. The molecule has 218 valence electrons. The minimum Gasteiger partial charge on any atom is -0.0622 e. The van der Waals surface area contributed by atoms with Crippen molar-refractivity contribution in [1.82, 2.24) is 0 Å². The van der Waals surface area contributed by atoms with Crippen molar-refractivity contribution in [3.8, 4) is 0 Å². The summed E-state index contributed by atoms with van der Waals surface area (Å²) in [6.45, 7) is 0. The molecule has 6 rings (SSSR count). The van der Waals surface area contributed by atoms with Gasteiger partial charge in [-0.3, -0.25) is 0 Å². The monoisotopic (exact) mass is 678 g/mol. The summed E-state index contributed by atoms with van der Waals surface area (Å²) in [5, 5.41) is 0. The number of benzene rings is 6. The molecule has 0 saturated heterocycles. The van der Waals surface area contributed by atoms with Crippen LogP contribution < -0.4 is 0 Å². The van der Waals surface area contributed by atoms with Gasteiger partial charge in [-0.2, -0.15) is 0 Å². The van der Waals surface area contributed by atoms with Crippen LogP contribution in [-0.4, -0.2) is 0 Å². The summed E-state index contributed by atoms with van der Waals surface area (Å²) in [5.74, 6) is 0. The van der Waals surface area contributed by atoms with Gasteiger partial charge in [-0.05, 0) is 72.7 Å². The van der Waals surface area contributed by atoms with E-state index in [-0.39, 0.29) is 9.49 Å². The smallest absolute Gasteiger partial charge is 0.0622 e. The molecule has 0 atom stereocenters. The highest BCUT2D eigenvalue weighted by molar-refractivity contribution is 9.41. The average Bonchev–Trinajstić information content (AvgIpc) is 3.12. The summed E-state index contributed by atoms with van der Waals surface area (Å²) in [7, 11) is 11.2. The second kappa shape index (κ2) is 15.6. The normalized spacial score (nSPS) is 11.7. The van der Waals surface area contributed by atoms with Crippen LogP contribution in [-0.2, 0) is 9.49 Å². The van der Waals surface area contributed by atoms with E-state index in [1.165, 1.54) is 33.4 Å². The molecular weight excluding hydrogens is 649 g/mol. The summed E-state index contributed by atoms with van der Waals surface area (Å²) in [5.41, 5.74) is 7.66. The molecule has 0 unspecified atom stereocenters. The van der Waals surface area contributed by atoms with Crippen molar-refractivity contribution < 1.29 is 0 Å². The molecule has 0 N–H and O–H groups in total. The predicted molar refractivity (Wildman–Crippen MR) is 204 cm³/mol.